The van der Waals surface area contributed by atoms with Crippen molar-refractivity contribution < 1.29 is 0 Å². The summed E-state index contributed by atoms with van der Waals surface area (Å²) in [6.07, 6.45) is 3.47. The van der Waals surface area contributed by atoms with Gasteiger partial charge in [0, 0.05) is 0 Å². The molecule has 0 N–H and O–H groups in total. The molecule has 0 aromatic heterocycles. The second kappa shape index (κ2) is 3.94. The predicted molar refractivity (Wildman–Crippen MR) is 52.7 cm³/mol. The summed E-state index contributed by atoms with van der Waals surface area (Å²) >= 11 is 0. The number of allylic oxidation sites excluding steroid dienone is 2. The highest BCUT2D eigenvalue weighted by Crippen LogP contribution is 2.34. The van der Waals surface area contributed by atoms with Crippen molar-refractivity contribution in [3.8, 4) is 0 Å². The molecule has 0 amide bonds. The molecule has 0 saturated heterocycles. The van der Waals surface area contributed by atoms with Gasteiger partial charge in [-0.1, -0.05) is 45.8 Å². The van der Waals surface area contributed by atoms with Crippen LogP contribution >= 0.6 is 0 Å². The summed E-state index contributed by atoms with van der Waals surface area (Å²) in [6.45, 7) is 13.6. The van der Waals surface area contributed by atoms with Crippen LogP contribution in [0.25, 0.3) is 0 Å². The highest BCUT2D eigenvalue weighted by molar-refractivity contribution is 5.04. The van der Waals surface area contributed by atoms with Crippen molar-refractivity contribution in [2.75, 3.05) is 0 Å². The Morgan fingerprint density at radius 3 is 2.18 bits per heavy atom. The highest BCUT2D eigenvalue weighted by Gasteiger charge is 2.23. The molecule has 0 aliphatic carbocycles. The first-order chi connectivity index (χ1) is 4.95. The molecule has 11 heavy (non-hydrogen) atoms. The lowest BCUT2D eigenvalue weighted by Crippen LogP contribution is -2.21. The van der Waals surface area contributed by atoms with E-state index in [9.17, 15) is 0 Å². The lowest BCUT2D eigenvalue weighted by Gasteiger charge is -2.31. The molecule has 0 rings (SSSR count). The minimum Gasteiger partial charge on any atom is -0.0884 e. The largest absolute Gasteiger partial charge is 0.0884 e. The van der Waals surface area contributed by atoms with E-state index in [-0.39, 0.29) is 0 Å². The number of rotatable bonds is 3. The van der Waals surface area contributed by atoms with Crippen LogP contribution in [0.5, 0.6) is 0 Å². The minimum absolute atomic E-state index is 0.455. The van der Waals surface area contributed by atoms with Gasteiger partial charge in [0.2, 0.25) is 0 Å². The molecular formula is C11H22. The van der Waals surface area contributed by atoms with Gasteiger partial charge < -0.3 is 0 Å². The first-order valence-electron chi connectivity index (χ1n) is 4.58. The molecule has 0 spiro atoms. The molecule has 0 aliphatic rings. The average Bonchev–Trinajstić information content (AvgIpc) is 2.01. The van der Waals surface area contributed by atoms with Crippen LogP contribution in [0.3, 0.4) is 0 Å². The molecule has 0 aromatic rings. The zero-order chi connectivity index (χ0) is 9.07. The maximum absolute atomic E-state index is 2.34. The summed E-state index contributed by atoms with van der Waals surface area (Å²) < 4.78 is 0. The van der Waals surface area contributed by atoms with Crippen LogP contribution < -0.4 is 0 Å². The van der Waals surface area contributed by atoms with E-state index >= 15 is 0 Å². The third kappa shape index (κ3) is 2.69. The maximum Gasteiger partial charge on any atom is -0.0183 e. The fourth-order valence-corrected chi connectivity index (χ4v) is 1.17. The van der Waals surface area contributed by atoms with Gasteiger partial charge in [0.25, 0.3) is 0 Å². The first-order valence-corrected chi connectivity index (χ1v) is 4.58. The predicted octanol–water partition coefficient (Wildman–Crippen LogP) is 4.02. The van der Waals surface area contributed by atoms with Crippen molar-refractivity contribution in [2.24, 2.45) is 11.3 Å². The van der Waals surface area contributed by atoms with Gasteiger partial charge in [-0.05, 0) is 25.2 Å². The molecule has 1 atom stereocenters. The van der Waals surface area contributed by atoms with Gasteiger partial charge in [0.1, 0.15) is 0 Å². The van der Waals surface area contributed by atoms with E-state index in [2.05, 4.69) is 47.6 Å². The lowest BCUT2D eigenvalue weighted by atomic mass is 9.74. The standard InChI is InChI=1S/C11H22/c1-7-9(3)10(4)11(5,6)8-2/h7,10H,8H2,1-6H3. The molecule has 0 aliphatic heterocycles. The molecule has 0 fully saturated rings. The van der Waals surface area contributed by atoms with E-state index in [0.717, 1.165) is 0 Å². The summed E-state index contributed by atoms with van der Waals surface area (Å²) in [5.74, 6) is 0.706. The van der Waals surface area contributed by atoms with E-state index in [1.165, 1.54) is 12.0 Å². The van der Waals surface area contributed by atoms with Crippen molar-refractivity contribution in [3.05, 3.63) is 11.6 Å². The molecule has 0 heteroatoms. The van der Waals surface area contributed by atoms with Crippen molar-refractivity contribution in [3.63, 3.8) is 0 Å². The third-order valence-corrected chi connectivity index (χ3v) is 3.22. The van der Waals surface area contributed by atoms with Gasteiger partial charge in [-0.2, -0.15) is 0 Å². The van der Waals surface area contributed by atoms with Crippen LogP contribution in [0.2, 0.25) is 0 Å². The summed E-state index contributed by atoms with van der Waals surface area (Å²) in [5, 5.41) is 0. The second-order valence-electron chi connectivity index (χ2n) is 4.10. The van der Waals surface area contributed by atoms with Crippen LogP contribution in [0.4, 0.5) is 0 Å². The van der Waals surface area contributed by atoms with Crippen molar-refractivity contribution >= 4 is 0 Å². The van der Waals surface area contributed by atoms with Crippen molar-refractivity contribution in [1.82, 2.24) is 0 Å². The van der Waals surface area contributed by atoms with Gasteiger partial charge in [0.05, 0.1) is 0 Å². The Bertz CT molecular complexity index is 140. The van der Waals surface area contributed by atoms with E-state index in [4.69, 9.17) is 0 Å². The molecule has 1 unspecified atom stereocenters. The fraction of sp³-hybridized carbons (Fsp3) is 0.818. The summed E-state index contributed by atoms with van der Waals surface area (Å²) in [4.78, 5) is 0. The smallest absolute Gasteiger partial charge is 0.0183 e. The Balaban J connectivity index is 4.35. The normalized spacial score (nSPS) is 16.7. The summed E-state index contributed by atoms with van der Waals surface area (Å²) in [6, 6.07) is 0. The number of hydrogen-bond donors (Lipinski definition) is 0. The first kappa shape index (κ1) is 10.7. The summed E-state index contributed by atoms with van der Waals surface area (Å²) in [7, 11) is 0. The molecule has 66 valence electrons. The molecule has 0 nitrogen and oxygen atoms in total. The van der Waals surface area contributed by atoms with Crippen molar-refractivity contribution in [1.29, 1.82) is 0 Å². The van der Waals surface area contributed by atoms with Gasteiger partial charge >= 0.3 is 0 Å². The van der Waals surface area contributed by atoms with E-state index < -0.39 is 0 Å². The minimum atomic E-state index is 0.455. The Morgan fingerprint density at radius 2 is 1.91 bits per heavy atom. The molecule has 0 radical (unpaired) electrons. The van der Waals surface area contributed by atoms with Gasteiger partial charge in [-0.25, -0.2) is 0 Å². The van der Waals surface area contributed by atoms with E-state index in [1.54, 1.807) is 0 Å². The average molecular weight is 154 g/mol. The third-order valence-electron chi connectivity index (χ3n) is 3.22. The lowest BCUT2D eigenvalue weighted by molar-refractivity contribution is 0.254. The fourth-order valence-electron chi connectivity index (χ4n) is 1.17. The van der Waals surface area contributed by atoms with Gasteiger partial charge in [-0.15, -0.1) is 0 Å². The molecule has 0 heterocycles. The SMILES string of the molecule is CC=C(C)C(C)C(C)(C)CC. The van der Waals surface area contributed by atoms with Gasteiger partial charge in [-0.3, -0.25) is 0 Å². The molecule has 0 saturated carbocycles. The van der Waals surface area contributed by atoms with Crippen LogP contribution in [0, 0.1) is 11.3 Å². The summed E-state index contributed by atoms with van der Waals surface area (Å²) in [5.41, 5.74) is 1.97. The molecular weight excluding hydrogens is 132 g/mol. The molecule has 0 aromatic carbocycles. The Morgan fingerprint density at radius 1 is 1.45 bits per heavy atom. The van der Waals surface area contributed by atoms with Crippen LogP contribution in [0.1, 0.15) is 48.0 Å². The Hall–Kier alpha value is -0.260. The van der Waals surface area contributed by atoms with E-state index in [0.29, 0.717) is 11.3 Å². The van der Waals surface area contributed by atoms with E-state index in [1.807, 2.05) is 0 Å². The molecule has 0 bridgehead atoms. The van der Waals surface area contributed by atoms with Gasteiger partial charge in [0.15, 0.2) is 0 Å². The van der Waals surface area contributed by atoms with Crippen LogP contribution in [0.15, 0.2) is 11.6 Å². The second-order valence-corrected chi connectivity index (χ2v) is 4.10. The topological polar surface area (TPSA) is 0 Å². The zero-order valence-electron chi connectivity index (χ0n) is 8.86. The number of hydrogen-bond acceptors (Lipinski definition) is 0. The Labute approximate surface area is 71.7 Å². The monoisotopic (exact) mass is 154 g/mol. The van der Waals surface area contributed by atoms with Crippen LogP contribution in [-0.2, 0) is 0 Å². The maximum atomic E-state index is 2.34. The van der Waals surface area contributed by atoms with Crippen molar-refractivity contribution in [2.45, 2.75) is 48.0 Å². The van der Waals surface area contributed by atoms with Crippen LogP contribution in [-0.4, -0.2) is 0 Å². The quantitative estimate of drug-likeness (QED) is 0.538. The zero-order valence-corrected chi connectivity index (χ0v) is 8.86. The highest BCUT2D eigenvalue weighted by atomic mass is 14.3. The Kier molecular flexibility index (Phi) is 3.85.